The first kappa shape index (κ1) is 17.1. The van der Waals surface area contributed by atoms with E-state index < -0.39 is 6.10 Å². The maximum Gasteiger partial charge on any atom is 0.260 e. The van der Waals surface area contributed by atoms with Gasteiger partial charge in [-0.15, -0.1) is 0 Å². The molecule has 0 heterocycles. The molecule has 3 heteroatoms. The number of carbonyl (C=O) groups excluding carboxylic acids is 1. The maximum absolute atomic E-state index is 12.1. The van der Waals surface area contributed by atoms with Gasteiger partial charge in [0, 0.05) is 6.54 Å². The third-order valence-electron chi connectivity index (χ3n) is 3.70. The summed E-state index contributed by atoms with van der Waals surface area (Å²) in [5, 5.41) is 2.94. The number of ether oxygens (including phenoxy) is 1. The van der Waals surface area contributed by atoms with E-state index >= 15 is 0 Å². The van der Waals surface area contributed by atoms with Crippen LogP contribution in [0.4, 0.5) is 0 Å². The number of nitrogens with one attached hydrogen (secondary N) is 1. The van der Waals surface area contributed by atoms with Gasteiger partial charge in [-0.1, -0.05) is 42.0 Å². The lowest BCUT2D eigenvalue weighted by atomic mass is 10.1. The van der Waals surface area contributed by atoms with Crippen LogP contribution in [0.15, 0.2) is 48.5 Å². The Hall–Kier alpha value is -2.29. The first-order chi connectivity index (χ1) is 11.0. The second-order valence-electron chi connectivity index (χ2n) is 5.96. The minimum atomic E-state index is -0.490. The molecule has 1 atom stereocenters. The van der Waals surface area contributed by atoms with Gasteiger partial charge in [-0.2, -0.15) is 0 Å². The quantitative estimate of drug-likeness (QED) is 0.789. The Morgan fingerprint density at radius 3 is 2.48 bits per heavy atom. The van der Waals surface area contributed by atoms with Gasteiger partial charge in [-0.3, -0.25) is 4.79 Å². The topological polar surface area (TPSA) is 38.3 Å². The normalized spacial score (nSPS) is 11.8. The van der Waals surface area contributed by atoms with Gasteiger partial charge in [0.05, 0.1) is 0 Å². The Morgan fingerprint density at radius 1 is 1.09 bits per heavy atom. The molecule has 0 fully saturated rings. The highest BCUT2D eigenvalue weighted by atomic mass is 16.5. The molecule has 0 bridgehead atoms. The summed E-state index contributed by atoms with van der Waals surface area (Å²) >= 11 is 0. The molecule has 0 unspecified atom stereocenters. The molecule has 2 aromatic carbocycles. The Labute approximate surface area is 138 Å². The third kappa shape index (κ3) is 5.78. The highest BCUT2D eigenvalue weighted by molar-refractivity contribution is 5.80. The van der Waals surface area contributed by atoms with Gasteiger partial charge < -0.3 is 10.1 Å². The predicted molar refractivity (Wildman–Crippen MR) is 93.8 cm³/mol. The van der Waals surface area contributed by atoms with Gasteiger partial charge in [0.2, 0.25) is 0 Å². The van der Waals surface area contributed by atoms with Crippen molar-refractivity contribution in [3.05, 3.63) is 65.2 Å². The summed E-state index contributed by atoms with van der Waals surface area (Å²) < 4.78 is 5.68. The lowest BCUT2D eigenvalue weighted by Gasteiger charge is -2.15. The van der Waals surface area contributed by atoms with Crippen molar-refractivity contribution in [2.45, 2.75) is 39.7 Å². The van der Waals surface area contributed by atoms with E-state index in [4.69, 9.17) is 4.74 Å². The molecule has 1 amide bonds. The fourth-order valence-electron chi connectivity index (χ4n) is 2.46. The second kappa shape index (κ2) is 8.37. The molecular weight excluding hydrogens is 286 g/mol. The van der Waals surface area contributed by atoms with Crippen molar-refractivity contribution < 1.29 is 9.53 Å². The molecule has 0 aliphatic carbocycles. The highest BCUT2D eigenvalue weighted by Crippen LogP contribution is 2.14. The Balaban J connectivity index is 1.71. The Kier molecular flexibility index (Phi) is 6.21. The van der Waals surface area contributed by atoms with Crippen LogP contribution in [0, 0.1) is 13.8 Å². The molecule has 0 aliphatic heterocycles. The maximum atomic E-state index is 12.1. The molecule has 1 N–H and O–H groups in total. The zero-order valence-electron chi connectivity index (χ0n) is 14.1. The minimum Gasteiger partial charge on any atom is -0.481 e. The first-order valence-electron chi connectivity index (χ1n) is 8.11. The van der Waals surface area contributed by atoms with Crippen LogP contribution in [0.25, 0.3) is 0 Å². The predicted octanol–water partition coefficient (Wildman–Crippen LogP) is 3.82. The van der Waals surface area contributed by atoms with E-state index in [1.165, 1.54) is 11.1 Å². The van der Waals surface area contributed by atoms with E-state index in [1.807, 2.05) is 31.2 Å². The first-order valence-corrected chi connectivity index (χ1v) is 8.11. The van der Waals surface area contributed by atoms with Crippen molar-refractivity contribution in [1.29, 1.82) is 0 Å². The molecule has 122 valence electrons. The summed E-state index contributed by atoms with van der Waals surface area (Å²) in [6.45, 7) is 6.53. The average molecular weight is 311 g/mol. The summed E-state index contributed by atoms with van der Waals surface area (Å²) in [7, 11) is 0. The summed E-state index contributed by atoms with van der Waals surface area (Å²) in [6.07, 6.45) is 1.40. The molecule has 2 rings (SSSR count). The molecule has 0 saturated carbocycles. The van der Waals surface area contributed by atoms with Crippen molar-refractivity contribution in [2.24, 2.45) is 0 Å². The number of amides is 1. The monoisotopic (exact) mass is 311 g/mol. The van der Waals surface area contributed by atoms with Gasteiger partial charge >= 0.3 is 0 Å². The lowest BCUT2D eigenvalue weighted by Crippen LogP contribution is -2.36. The number of aryl methyl sites for hydroxylation is 3. The van der Waals surface area contributed by atoms with Gasteiger partial charge in [-0.25, -0.2) is 0 Å². The summed E-state index contributed by atoms with van der Waals surface area (Å²) in [5.41, 5.74) is 3.70. The fraction of sp³-hybridized carbons (Fsp3) is 0.350. The average Bonchev–Trinajstić information content (AvgIpc) is 2.51. The molecule has 0 aliphatic rings. The molecule has 0 aromatic heterocycles. The summed E-state index contributed by atoms with van der Waals surface area (Å²) in [4.78, 5) is 12.1. The standard InChI is InChI=1S/C20H25NO2/c1-15-7-4-9-18(13-15)10-6-12-21-20(22)17(3)23-19-11-5-8-16(2)14-19/h4-5,7-9,11,13-14,17H,6,10,12H2,1-3H3,(H,21,22)/t17-/m1/s1. The molecule has 0 spiro atoms. The molecule has 0 radical (unpaired) electrons. The van der Waals surface area contributed by atoms with E-state index in [0.29, 0.717) is 6.54 Å². The van der Waals surface area contributed by atoms with Crippen molar-refractivity contribution in [3.63, 3.8) is 0 Å². The van der Waals surface area contributed by atoms with Crippen LogP contribution in [0.5, 0.6) is 5.75 Å². The Bertz CT molecular complexity index is 652. The SMILES string of the molecule is Cc1cccc(CCCNC(=O)[C@@H](C)Oc2cccc(C)c2)c1. The number of rotatable bonds is 7. The van der Waals surface area contributed by atoms with Gasteiger partial charge in [0.1, 0.15) is 5.75 Å². The molecule has 0 saturated heterocycles. The van der Waals surface area contributed by atoms with E-state index in [9.17, 15) is 4.79 Å². The highest BCUT2D eigenvalue weighted by Gasteiger charge is 2.13. The number of hydrogen-bond donors (Lipinski definition) is 1. The zero-order valence-corrected chi connectivity index (χ0v) is 14.1. The van der Waals surface area contributed by atoms with Crippen LogP contribution >= 0.6 is 0 Å². The van der Waals surface area contributed by atoms with Crippen LogP contribution in [-0.2, 0) is 11.2 Å². The second-order valence-corrected chi connectivity index (χ2v) is 5.96. The number of benzene rings is 2. The van der Waals surface area contributed by atoms with Crippen LogP contribution in [0.1, 0.15) is 30.0 Å². The van der Waals surface area contributed by atoms with Crippen LogP contribution < -0.4 is 10.1 Å². The largest absolute Gasteiger partial charge is 0.481 e. The van der Waals surface area contributed by atoms with Crippen molar-refractivity contribution in [2.75, 3.05) is 6.54 Å². The van der Waals surface area contributed by atoms with E-state index in [2.05, 4.69) is 36.5 Å². The van der Waals surface area contributed by atoms with Crippen LogP contribution in [0.3, 0.4) is 0 Å². The number of hydrogen-bond acceptors (Lipinski definition) is 2. The summed E-state index contributed by atoms with van der Waals surface area (Å²) in [5.74, 6) is 0.656. The minimum absolute atomic E-state index is 0.0734. The fourth-order valence-corrected chi connectivity index (χ4v) is 2.46. The van der Waals surface area contributed by atoms with Crippen LogP contribution in [-0.4, -0.2) is 18.6 Å². The summed E-state index contributed by atoms with van der Waals surface area (Å²) in [6, 6.07) is 16.2. The molecule has 23 heavy (non-hydrogen) atoms. The number of carbonyl (C=O) groups is 1. The molecule has 3 nitrogen and oxygen atoms in total. The Morgan fingerprint density at radius 2 is 1.78 bits per heavy atom. The van der Waals surface area contributed by atoms with E-state index in [-0.39, 0.29) is 5.91 Å². The molecular formula is C20H25NO2. The van der Waals surface area contributed by atoms with Gasteiger partial charge in [0.25, 0.3) is 5.91 Å². The smallest absolute Gasteiger partial charge is 0.260 e. The van der Waals surface area contributed by atoms with E-state index in [0.717, 1.165) is 24.2 Å². The van der Waals surface area contributed by atoms with Crippen molar-refractivity contribution >= 4 is 5.91 Å². The lowest BCUT2D eigenvalue weighted by molar-refractivity contribution is -0.127. The van der Waals surface area contributed by atoms with Gasteiger partial charge in [0.15, 0.2) is 6.10 Å². The van der Waals surface area contributed by atoms with Crippen molar-refractivity contribution in [1.82, 2.24) is 5.32 Å². The zero-order chi connectivity index (χ0) is 16.7. The van der Waals surface area contributed by atoms with Crippen molar-refractivity contribution in [3.8, 4) is 5.75 Å². The van der Waals surface area contributed by atoms with E-state index in [1.54, 1.807) is 6.92 Å². The van der Waals surface area contributed by atoms with Gasteiger partial charge in [-0.05, 0) is 56.9 Å². The third-order valence-corrected chi connectivity index (χ3v) is 3.70. The molecule has 2 aromatic rings. The van der Waals surface area contributed by atoms with Crippen LogP contribution in [0.2, 0.25) is 0 Å².